The molecule has 0 aliphatic rings. The number of thioether (sulfide) groups is 1. The number of anilines is 1. The predicted octanol–water partition coefficient (Wildman–Crippen LogP) is 2.28. The van der Waals surface area contributed by atoms with Crippen molar-refractivity contribution in [3.8, 4) is 0 Å². The van der Waals surface area contributed by atoms with E-state index in [2.05, 4.69) is 10.2 Å². The Hall–Kier alpha value is -1.73. The molecule has 1 aromatic carbocycles. The number of aromatic nitrogens is 3. The molecule has 0 saturated carbocycles. The summed E-state index contributed by atoms with van der Waals surface area (Å²) < 4.78 is 1.77. The van der Waals surface area contributed by atoms with Gasteiger partial charge in [-0.3, -0.25) is 9.36 Å². The van der Waals surface area contributed by atoms with E-state index in [0.717, 1.165) is 17.3 Å². The molecular formula is C13H15ClN4O2S. The molecule has 0 bridgehead atoms. The van der Waals surface area contributed by atoms with E-state index in [1.165, 1.54) is 0 Å². The van der Waals surface area contributed by atoms with E-state index in [9.17, 15) is 4.79 Å². The van der Waals surface area contributed by atoms with Crippen LogP contribution in [-0.2, 0) is 18.4 Å². The van der Waals surface area contributed by atoms with Gasteiger partial charge in [-0.2, -0.15) is 0 Å². The van der Waals surface area contributed by atoms with Crippen LogP contribution >= 0.6 is 23.4 Å². The highest BCUT2D eigenvalue weighted by Crippen LogP contribution is 2.22. The zero-order chi connectivity index (χ0) is 15.4. The highest BCUT2D eigenvalue weighted by Gasteiger charge is 2.15. The molecule has 2 rings (SSSR count). The lowest BCUT2D eigenvalue weighted by atomic mass is 10.2. The molecule has 0 radical (unpaired) electrons. The molecule has 0 spiro atoms. The van der Waals surface area contributed by atoms with E-state index < -0.39 is 5.97 Å². The van der Waals surface area contributed by atoms with E-state index >= 15 is 0 Å². The van der Waals surface area contributed by atoms with Crippen LogP contribution in [0.1, 0.15) is 5.56 Å². The second kappa shape index (κ2) is 6.82. The van der Waals surface area contributed by atoms with Crippen molar-refractivity contribution in [1.82, 2.24) is 14.8 Å². The average Bonchev–Trinajstić information content (AvgIpc) is 2.80. The van der Waals surface area contributed by atoms with E-state index in [1.54, 1.807) is 4.57 Å². The number of aliphatic carboxylic acids is 1. The molecule has 1 aromatic heterocycles. The maximum absolute atomic E-state index is 10.6. The molecule has 0 unspecified atom stereocenters. The molecule has 0 aliphatic heterocycles. The summed E-state index contributed by atoms with van der Waals surface area (Å²) in [5, 5.41) is 18.1. The molecule has 8 heteroatoms. The van der Waals surface area contributed by atoms with Crippen molar-refractivity contribution in [3.63, 3.8) is 0 Å². The number of carboxylic acid groups (broad SMARTS) is 1. The van der Waals surface area contributed by atoms with E-state index in [4.69, 9.17) is 16.7 Å². The fourth-order valence-corrected chi connectivity index (χ4v) is 2.67. The van der Waals surface area contributed by atoms with Gasteiger partial charge in [-0.15, -0.1) is 10.2 Å². The van der Waals surface area contributed by atoms with Crippen LogP contribution in [0.15, 0.2) is 29.4 Å². The maximum Gasteiger partial charge on any atom is 0.313 e. The summed E-state index contributed by atoms with van der Waals surface area (Å²) in [7, 11) is 3.70. The van der Waals surface area contributed by atoms with Gasteiger partial charge in [-0.1, -0.05) is 41.6 Å². The zero-order valence-corrected chi connectivity index (χ0v) is 13.2. The van der Waals surface area contributed by atoms with Gasteiger partial charge in [0.2, 0.25) is 5.95 Å². The van der Waals surface area contributed by atoms with Crippen molar-refractivity contribution in [1.29, 1.82) is 0 Å². The summed E-state index contributed by atoms with van der Waals surface area (Å²) in [6.45, 7) is 0.593. The van der Waals surface area contributed by atoms with Crippen LogP contribution in [0.25, 0.3) is 0 Å². The summed E-state index contributed by atoms with van der Waals surface area (Å²) in [6.07, 6.45) is 0. The molecule has 2 aromatic rings. The average molecular weight is 327 g/mol. The van der Waals surface area contributed by atoms with E-state index in [1.807, 2.05) is 43.3 Å². The minimum atomic E-state index is -0.881. The largest absolute Gasteiger partial charge is 0.481 e. The van der Waals surface area contributed by atoms with Crippen molar-refractivity contribution >= 4 is 35.3 Å². The third-order valence-electron chi connectivity index (χ3n) is 2.84. The van der Waals surface area contributed by atoms with Gasteiger partial charge in [0.05, 0.1) is 5.75 Å². The standard InChI is InChI=1S/C13H15ClN4O2S/c1-17(7-9-5-3-4-6-10(9)14)12-15-16-13(18(12)2)21-8-11(19)20/h3-6H,7-8H2,1-2H3,(H,19,20). The highest BCUT2D eigenvalue weighted by atomic mass is 35.5. The third kappa shape index (κ3) is 3.89. The van der Waals surface area contributed by atoms with Gasteiger partial charge >= 0.3 is 5.97 Å². The smallest absolute Gasteiger partial charge is 0.313 e. The number of nitrogens with zero attached hydrogens (tertiary/aromatic N) is 4. The van der Waals surface area contributed by atoms with Crippen molar-refractivity contribution in [2.24, 2.45) is 7.05 Å². The minimum Gasteiger partial charge on any atom is -0.481 e. The van der Waals surface area contributed by atoms with Crippen LogP contribution < -0.4 is 4.90 Å². The lowest BCUT2D eigenvalue weighted by Gasteiger charge is -2.18. The Kier molecular flexibility index (Phi) is 5.08. The zero-order valence-electron chi connectivity index (χ0n) is 11.7. The molecule has 1 heterocycles. The van der Waals surface area contributed by atoms with Crippen LogP contribution in [0.5, 0.6) is 0 Å². The molecule has 0 fully saturated rings. The predicted molar refractivity (Wildman–Crippen MR) is 82.9 cm³/mol. The van der Waals surface area contributed by atoms with Gasteiger partial charge in [-0.05, 0) is 11.6 Å². The Balaban J connectivity index is 2.11. The van der Waals surface area contributed by atoms with Crippen molar-refractivity contribution in [2.45, 2.75) is 11.7 Å². The fourth-order valence-electron chi connectivity index (χ4n) is 1.84. The molecule has 0 saturated heterocycles. The number of carboxylic acids is 1. The molecule has 1 N–H and O–H groups in total. The summed E-state index contributed by atoms with van der Waals surface area (Å²) >= 11 is 7.29. The molecule has 112 valence electrons. The first-order valence-corrected chi connectivity index (χ1v) is 7.54. The summed E-state index contributed by atoms with van der Waals surface area (Å²) in [6, 6.07) is 7.61. The van der Waals surface area contributed by atoms with Gasteiger partial charge in [0.15, 0.2) is 5.16 Å². The monoisotopic (exact) mass is 326 g/mol. The van der Waals surface area contributed by atoms with E-state index in [0.29, 0.717) is 22.7 Å². The summed E-state index contributed by atoms with van der Waals surface area (Å²) in [5.74, 6) is -0.267. The number of rotatable bonds is 6. The lowest BCUT2D eigenvalue weighted by Crippen LogP contribution is -2.20. The van der Waals surface area contributed by atoms with Crippen LogP contribution in [0.2, 0.25) is 5.02 Å². The SMILES string of the molecule is CN(Cc1ccccc1Cl)c1nnc(SCC(=O)O)n1C. The van der Waals surface area contributed by atoms with Crippen LogP contribution in [0.4, 0.5) is 5.95 Å². The Morgan fingerprint density at radius 3 is 2.81 bits per heavy atom. The van der Waals surface area contributed by atoms with Crippen LogP contribution in [-0.4, -0.2) is 38.6 Å². The van der Waals surface area contributed by atoms with E-state index in [-0.39, 0.29) is 5.75 Å². The van der Waals surface area contributed by atoms with Crippen LogP contribution in [0.3, 0.4) is 0 Å². The normalized spacial score (nSPS) is 10.6. The molecule has 0 aliphatic carbocycles. The molecular weight excluding hydrogens is 312 g/mol. The number of hydrogen-bond acceptors (Lipinski definition) is 5. The van der Waals surface area contributed by atoms with Crippen LogP contribution in [0, 0.1) is 0 Å². The second-order valence-corrected chi connectivity index (χ2v) is 5.82. The molecule has 6 nitrogen and oxygen atoms in total. The molecule has 0 atom stereocenters. The number of carbonyl (C=O) groups is 1. The van der Waals surface area contributed by atoms with Gasteiger partial charge in [0, 0.05) is 25.7 Å². The quantitative estimate of drug-likeness (QED) is 0.821. The highest BCUT2D eigenvalue weighted by molar-refractivity contribution is 7.99. The van der Waals surface area contributed by atoms with Crippen molar-refractivity contribution in [2.75, 3.05) is 17.7 Å². The Morgan fingerprint density at radius 2 is 2.14 bits per heavy atom. The maximum atomic E-state index is 10.6. The van der Waals surface area contributed by atoms with Gasteiger partial charge < -0.3 is 10.0 Å². The first kappa shape index (κ1) is 15.7. The Bertz CT molecular complexity index is 647. The van der Waals surface area contributed by atoms with Gasteiger partial charge in [-0.25, -0.2) is 0 Å². The van der Waals surface area contributed by atoms with Gasteiger partial charge in [0.25, 0.3) is 0 Å². The lowest BCUT2D eigenvalue weighted by molar-refractivity contribution is -0.133. The van der Waals surface area contributed by atoms with Gasteiger partial charge in [0.1, 0.15) is 0 Å². The number of hydrogen-bond donors (Lipinski definition) is 1. The minimum absolute atomic E-state index is 0.0415. The topological polar surface area (TPSA) is 71.2 Å². The summed E-state index contributed by atoms with van der Waals surface area (Å²) in [5.41, 5.74) is 0.990. The van der Waals surface area contributed by atoms with Crippen molar-refractivity contribution in [3.05, 3.63) is 34.9 Å². The fraction of sp³-hybridized carbons (Fsp3) is 0.308. The third-order valence-corrected chi connectivity index (χ3v) is 4.22. The number of halogens is 1. The number of benzene rings is 1. The first-order chi connectivity index (χ1) is 9.99. The Labute approximate surface area is 131 Å². The van der Waals surface area contributed by atoms with Crippen molar-refractivity contribution < 1.29 is 9.90 Å². The first-order valence-electron chi connectivity index (χ1n) is 6.17. The molecule has 21 heavy (non-hydrogen) atoms. The summed E-state index contributed by atoms with van der Waals surface area (Å²) in [4.78, 5) is 12.5. The Morgan fingerprint density at radius 1 is 1.43 bits per heavy atom. The second-order valence-electron chi connectivity index (χ2n) is 4.47. The molecule has 0 amide bonds.